The molecule has 4 rings (SSSR count). The van der Waals surface area contributed by atoms with Gasteiger partial charge in [0.25, 0.3) is 5.91 Å². The summed E-state index contributed by atoms with van der Waals surface area (Å²) >= 11 is 1.76. The molecule has 1 aromatic heterocycles. The quantitative estimate of drug-likeness (QED) is 0.805. The van der Waals surface area contributed by atoms with Crippen molar-refractivity contribution < 1.29 is 4.79 Å². The lowest BCUT2D eigenvalue weighted by atomic mass is 10.0. The van der Waals surface area contributed by atoms with Crippen LogP contribution >= 0.6 is 11.3 Å². The van der Waals surface area contributed by atoms with E-state index in [9.17, 15) is 4.79 Å². The molecule has 0 spiro atoms. The van der Waals surface area contributed by atoms with Gasteiger partial charge in [-0.25, -0.2) is 0 Å². The number of fused-ring (bicyclic) bond motifs is 2. The summed E-state index contributed by atoms with van der Waals surface area (Å²) < 4.78 is 0. The molecule has 108 valence electrons. The Labute approximate surface area is 124 Å². The van der Waals surface area contributed by atoms with Crippen molar-refractivity contribution in [2.45, 2.75) is 32.1 Å². The van der Waals surface area contributed by atoms with Gasteiger partial charge in [0.1, 0.15) is 0 Å². The van der Waals surface area contributed by atoms with E-state index in [1.807, 2.05) is 0 Å². The van der Waals surface area contributed by atoms with Gasteiger partial charge in [-0.15, -0.1) is 11.3 Å². The topological polar surface area (TPSA) is 32.3 Å². The fraction of sp³-hybridized carbons (Fsp3) is 0.688. The Hall–Kier alpha value is -0.870. The van der Waals surface area contributed by atoms with E-state index in [0.29, 0.717) is 11.8 Å². The fourth-order valence-electron chi connectivity index (χ4n) is 3.95. The smallest absolute Gasteiger partial charge is 0.263 e. The molecule has 0 saturated carbocycles. The van der Waals surface area contributed by atoms with Gasteiger partial charge in [-0.1, -0.05) is 6.42 Å². The Morgan fingerprint density at radius 1 is 1.15 bits per heavy atom. The highest BCUT2D eigenvalue weighted by atomic mass is 32.1. The number of nitrogens with one attached hydrogen (secondary N) is 1. The summed E-state index contributed by atoms with van der Waals surface area (Å²) in [4.78, 5) is 17.3. The molecule has 0 radical (unpaired) electrons. The minimum absolute atomic E-state index is 0.289. The molecule has 1 aromatic rings. The average Bonchev–Trinajstić information content (AvgIpc) is 3.09. The van der Waals surface area contributed by atoms with Crippen LogP contribution < -0.4 is 5.32 Å². The molecular formula is C16H22N2OS. The minimum Gasteiger partial charge on any atom is -0.337 e. The molecule has 0 unspecified atom stereocenters. The van der Waals surface area contributed by atoms with Crippen molar-refractivity contribution in [2.24, 2.45) is 11.8 Å². The predicted octanol–water partition coefficient (Wildman–Crippen LogP) is 2.31. The molecule has 2 aliphatic heterocycles. The number of thiophene rings is 1. The molecule has 20 heavy (non-hydrogen) atoms. The summed E-state index contributed by atoms with van der Waals surface area (Å²) in [5.74, 6) is 1.67. The molecule has 2 atom stereocenters. The largest absolute Gasteiger partial charge is 0.337 e. The monoisotopic (exact) mass is 290 g/mol. The number of likely N-dealkylation sites (tertiary alicyclic amines) is 1. The number of hydrogen-bond acceptors (Lipinski definition) is 3. The van der Waals surface area contributed by atoms with Crippen molar-refractivity contribution in [3.8, 4) is 0 Å². The van der Waals surface area contributed by atoms with Gasteiger partial charge < -0.3 is 10.2 Å². The highest BCUT2D eigenvalue weighted by Gasteiger charge is 2.38. The molecule has 1 aliphatic carbocycles. The number of carbonyl (C=O) groups excluding carboxylic acids is 1. The van der Waals surface area contributed by atoms with E-state index >= 15 is 0 Å². The van der Waals surface area contributed by atoms with Crippen LogP contribution in [0.25, 0.3) is 0 Å². The summed E-state index contributed by atoms with van der Waals surface area (Å²) in [5, 5.41) is 3.43. The summed E-state index contributed by atoms with van der Waals surface area (Å²) in [6.07, 6.45) is 6.28. The summed E-state index contributed by atoms with van der Waals surface area (Å²) in [5.41, 5.74) is 1.46. The lowest BCUT2D eigenvalue weighted by molar-refractivity contribution is 0.0786. The Morgan fingerprint density at radius 3 is 2.70 bits per heavy atom. The van der Waals surface area contributed by atoms with Crippen LogP contribution in [0.2, 0.25) is 0 Å². The van der Waals surface area contributed by atoms with E-state index in [4.69, 9.17) is 0 Å². The zero-order valence-electron chi connectivity index (χ0n) is 11.9. The van der Waals surface area contributed by atoms with Gasteiger partial charge in [0.15, 0.2) is 0 Å². The zero-order valence-corrected chi connectivity index (χ0v) is 12.7. The first-order valence-corrected chi connectivity index (χ1v) is 8.74. The molecule has 1 N–H and O–H groups in total. The highest BCUT2D eigenvalue weighted by Crippen LogP contribution is 2.32. The van der Waals surface area contributed by atoms with Crippen LogP contribution in [0.3, 0.4) is 0 Å². The number of rotatable bonds is 1. The van der Waals surface area contributed by atoms with Crippen LogP contribution in [-0.2, 0) is 12.8 Å². The minimum atomic E-state index is 0.289. The molecule has 3 nitrogen and oxygen atoms in total. The van der Waals surface area contributed by atoms with E-state index in [-0.39, 0.29) is 5.91 Å². The van der Waals surface area contributed by atoms with E-state index in [1.54, 1.807) is 11.3 Å². The maximum Gasteiger partial charge on any atom is 0.263 e. The summed E-state index contributed by atoms with van der Waals surface area (Å²) in [6.45, 7) is 4.10. The first-order chi connectivity index (χ1) is 9.81. The predicted molar refractivity (Wildman–Crippen MR) is 81.3 cm³/mol. The molecule has 3 heterocycles. The Balaban J connectivity index is 1.51. The maximum atomic E-state index is 12.7. The van der Waals surface area contributed by atoms with Gasteiger partial charge in [0.2, 0.25) is 0 Å². The van der Waals surface area contributed by atoms with Gasteiger partial charge in [0.05, 0.1) is 4.88 Å². The van der Waals surface area contributed by atoms with E-state index in [2.05, 4.69) is 16.3 Å². The van der Waals surface area contributed by atoms with Gasteiger partial charge in [-0.3, -0.25) is 4.79 Å². The summed E-state index contributed by atoms with van der Waals surface area (Å²) in [7, 11) is 0. The van der Waals surface area contributed by atoms with Crippen molar-refractivity contribution in [1.82, 2.24) is 10.2 Å². The lowest BCUT2D eigenvalue weighted by Gasteiger charge is -2.16. The molecule has 0 aromatic carbocycles. The third-order valence-corrected chi connectivity index (χ3v) is 6.36. The van der Waals surface area contributed by atoms with Crippen molar-refractivity contribution in [3.63, 3.8) is 0 Å². The third-order valence-electron chi connectivity index (χ3n) is 5.13. The van der Waals surface area contributed by atoms with Crippen LogP contribution in [-0.4, -0.2) is 37.0 Å². The van der Waals surface area contributed by atoms with E-state index < -0.39 is 0 Å². The van der Waals surface area contributed by atoms with Gasteiger partial charge in [0, 0.05) is 31.1 Å². The second-order valence-electron chi connectivity index (χ2n) is 6.51. The zero-order chi connectivity index (χ0) is 13.5. The number of hydrogen-bond donors (Lipinski definition) is 1. The van der Waals surface area contributed by atoms with Crippen molar-refractivity contribution in [1.29, 1.82) is 0 Å². The lowest BCUT2D eigenvalue weighted by Crippen LogP contribution is -2.31. The molecule has 3 aliphatic rings. The Kier molecular flexibility index (Phi) is 3.31. The number of nitrogens with zero attached hydrogens (tertiary/aromatic N) is 1. The first-order valence-electron chi connectivity index (χ1n) is 7.93. The second kappa shape index (κ2) is 5.15. The van der Waals surface area contributed by atoms with Gasteiger partial charge in [-0.05, 0) is 49.1 Å². The molecule has 2 fully saturated rings. The average molecular weight is 290 g/mol. The molecular weight excluding hydrogens is 268 g/mol. The normalized spacial score (nSPS) is 29.1. The Morgan fingerprint density at radius 2 is 1.90 bits per heavy atom. The standard InChI is InChI=1S/C16H22N2OS/c19-16(18-9-12-7-17-8-13(12)10-18)15-6-11-4-2-1-3-5-14(11)20-15/h6,12-13,17H,1-5,7-10H2/t12-,13+. The summed E-state index contributed by atoms with van der Waals surface area (Å²) in [6, 6.07) is 2.19. The SMILES string of the molecule is O=C(c1cc2c(s1)CCCCC2)N1C[C@H]2CNC[C@H]2C1. The Bertz CT molecular complexity index is 489. The molecule has 4 heteroatoms. The number of carbonyl (C=O) groups is 1. The second-order valence-corrected chi connectivity index (χ2v) is 7.65. The van der Waals surface area contributed by atoms with Crippen LogP contribution in [0, 0.1) is 11.8 Å². The molecule has 1 amide bonds. The van der Waals surface area contributed by atoms with Crippen LogP contribution in [0.5, 0.6) is 0 Å². The molecule has 2 saturated heterocycles. The molecule has 0 bridgehead atoms. The number of aryl methyl sites for hydroxylation is 2. The van der Waals surface area contributed by atoms with Gasteiger partial charge in [-0.2, -0.15) is 0 Å². The first kappa shape index (κ1) is 12.8. The van der Waals surface area contributed by atoms with Crippen molar-refractivity contribution in [3.05, 3.63) is 21.4 Å². The fourth-order valence-corrected chi connectivity index (χ4v) is 5.17. The van der Waals surface area contributed by atoms with Crippen molar-refractivity contribution >= 4 is 17.2 Å². The van der Waals surface area contributed by atoms with Gasteiger partial charge >= 0.3 is 0 Å². The van der Waals surface area contributed by atoms with E-state index in [0.717, 1.165) is 31.1 Å². The number of amides is 1. The highest BCUT2D eigenvalue weighted by molar-refractivity contribution is 7.14. The van der Waals surface area contributed by atoms with Crippen LogP contribution in [0.4, 0.5) is 0 Å². The van der Waals surface area contributed by atoms with Crippen LogP contribution in [0.1, 0.15) is 39.4 Å². The third kappa shape index (κ3) is 2.19. The van der Waals surface area contributed by atoms with Crippen molar-refractivity contribution in [2.75, 3.05) is 26.2 Å². The van der Waals surface area contributed by atoms with E-state index in [1.165, 1.54) is 42.5 Å². The maximum absolute atomic E-state index is 12.7. The van der Waals surface area contributed by atoms with Crippen LogP contribution in [0.15, 0.2) is 6.07 Å².